The maximum absolute atomic E-state index is 9.97. The van der Waals surface area contributed by atoms with Crippen LogP contribution in [0.5, 0.6) is 0 Å². The van der Waals surface area contributed by atoms with Gasteiger partial charge >= 0.3 is 0 Å². The van der Waals surface area contributed by atoms with Crippen molar-refractivity contribution >= 4 is 18.0 Å². The molecule has 1 heterocycles. The van der Waals surface area contributed by atoms with Crippen molar-refractivity contribution in [3.8, 4) is 0 Å². The molecule has 0 aliphatic rings. The summed E-state index contributed by atoms with van der Waals surface area (Å²) in [6.45, 7) is 0. The van der Waals surface area contributed by atoms with E-state index in [1.165, 1.54) is 6.33 Å². The van der Waals surface area contributed by atoms with Crippen LogP contribution in [0.25, 0.3) is 0 Å². The van der Waals surface area contributed by atoms with Gasteiger partial charge in [-0.15, -0.1) is 0 Å². The molecule has 0 fully saturated rings. The lowest BCUT2D eigenvalue weighted by Crippen LogP contribution is -2.02. The Morgan fingerprint density at radius 1 is 1.90 bits per heavy atom. The number of anilines is 2. The van der Waals surface area contributed by atoms with E-state index in [0.29, 0.717) is 18.0 Å². The lowest BCUT2D eigenvalue weighted by molar-refractivity contribution is -0.105. The summed E-state index contributed by atoms with van der Waals surface area (Å²) in [7, 11) is 1.75. The summed E-state index contributed by atoms with van der Waals surface area (Å²) in [5.74, 6) is 0.851. The molecule has 3 N–H and O–H groups in total. The average molecular weight is 140 g/mol. The quantitative estimate of drug-likeness (QED) is 0.547. The Hall–Kier alpha value is -1.52. The molecule has 1 aromatic heterocycles. The number of nitrogen functional groups attached to an aromatic ring is 1. The van der Waals surface area contributed by atoms with Gasteiger partial charge in [-0.25, -0.2) is 4.98 Å². The molecule has 0 aromatic carbocycles. The molecule has 5 heteroatoms. The number of carbonyl (C=O) groups is 1. The molecule has 0 saturated carbocycles. The number of carbonyl (C=O) groups excluding carboxylic acids is 1. The van der Waals surface area contributed by atoms with E-state index in [4.69, 9.17) is 5.73 Å². The molecular formula is C5H8N4O. The number of amides is 1. The van der Waals surface area contributed by atoms with Crippen molar-refractivity contribution in [2.45, 2.75) is 0 Å². The summed E-state index contributed by atoms with van der Waals surface area (Å²) in [5, 5.41) is 2.42. The SMILES string of the molecule is Cn1cnc(N)c1NC=O. The highest BCUT2D eigenvalue weighted by molar-refractivity contribution is 5.75. The minimum atomic E-state index is 0.328. The number of nitrogens with two attached hydrogens (primary N) is 1. The fourth-order valence-corrected chi connectivity index (χ4v) is 0.680. The summed E-state index contributed by atoms with van der Waals surface area (Å²) in [4.78, 5) is 13.7. The van der Waals surface area contributed by atoms with E-state index < -0.39 is 0 Å². The molecule has 1 aromatic rings. The smallest absolute Gasteiger partial charge is 0.212 e. The zero-order chi connectivity index (χ0) is 7.56. The topological polar surface area (TPSA) is 72.9 Å². The number of aryl methyl sites for hydroxylation is 1. The molecule has 0 radical (unpaired) electrons. The molecular weight excluding hydrogens is 132 g/mol. The number of nitrogens with one attached hydrogen (secondary N) is 1. The Labute approximate surface area is 57.9 Å². The summed E-state index contributed by atoms with van der Waals surface area (Å²) in [6, 6.07) is 0. The minimum absolute atomic E-state index is 0.328. The van der Waals surface area contributed by atoms with Gasteiger partial charge in [0.1, 0.15) is 0 Å². The van der Waals surface area contributed by atoms with Crippen LogP contribution in [0, 0.1) is 0 Å². The number of hydrogen-bond acceptors (Lipinski definition) is 3. The third kappa shape index (κ3) is 0.928. The van der Waals surface area contributed by atoms with Gasteiger partial charge in [0.2, 0.25) is 6.41 Å². The van der Waals surface area contributed by atoms with Crippen LogP contribution in [0.4, 0.5) is 11.6 Å². The van der Waals surface area contributed by atoms with Crippen molar-refractivity contribution in [3.05, 3.63) is 6.33 Å². The largest absolute Gasteiger partial charge is 0.381 e. The van der Waals surface area contributed by atoms with Crippen molar-refractivity contribution in [1.82, 2.24) is 9.55 Å². The Kier molecular flexibility index (Phi) is 1.57. The molecule has 1 amide bonds. The van der Waals surface area contributed by atoms with E-state index in [0.717, 1.165) is 0 Å². The van der Waals surface area contributed by atoms with Crippen LogP contribution in [0.1, 0.15) is 0 Å². The normalized spacial score (nSPS) is 9.30. The first-order valence-electron chi connectivity index (χ1n) is 2.72. The van der Waals surface area contributed by atoms with E-state index in [1.807, 2.05) is 0 Å². The Bertz CT molecular complexity index is 222. The van der Waals surface area contributed by atoms with Crippen LogP contribution in [-0.4, -0.2) is 16.0 Å². The summed E-state index contributed by atoms with van der Waals surface area (Å²) >= 11 is 0. The molecule has 54 valence electrons. The summed E-state index contributed by atoms with van der Waals surface area (Å²) in [6.07, 6.45) is 2.09. The molecule has 0 atom stereocenters. The molecule has 0 spiro atoms. The number of nitrogens with zero attached hydrogens (tertiary/aromatic N) is 2. The zero-order valence-corrected chi connectivity index (χ0v) is 5.53. The Morgan fingerprint density at radius 3 is 3.00 bits per heavy atom. The monoisotopic (exact) mass is 140 g/mol. The van der Waals surface area contributed by atoms with Crippen molar-refractivity contribution in [1.29, 1.82) is 0 Å². The van der Waals surface area contributed by atoms with Gasteiger partial charge in [0.05, 0.1) is 6.33 Å². The number of hydrogen-bond donors (Lipinski definition) is 2. The Balaban J connectivity index is 2.97. The van der Waals surface area contributed by atoms with E-state index in [2.05, 4.69) is 10.3 Å². The lowest BCUT2D eigenvalue weighted by atomic mass is 10.6. The molecule has 0 unspecified atom stereocenters. The fraction of sp³-hybridized carbons (Fsp3) is 0.200. The van der Waals surface area contributed by atoms with Gasteiger partial charge in [0.15, 0.2) is 11.6 Å². The molecule has 1 rings (SSSR count). The maximum atomic E-state index is 9.97. The predicted molar refractivity (Wildman–Crippen MR) is 37.3 cm³/mol. The van der Waals surface area contributed by atoms with Crippen LogP contribution in [0.3, 0.4) is 0 Å². The summed E-state index contributed by atoms with van der Waals surface area (Å²) < 4.78 is 1.63. The van der Waals surface area contributed by atoms with Crippen LogP contribution in [0.2, 0.25) is 0 Å². The second-order valence-electron chi connectivity index (χ2n) is 1.85. The lowest BCUT2D eigenvalue weighted by Gasteiger charge is -1.98. The third-order valence-electron chi connectivity index (χ3n) is 1.16. The fourth-order valence-electron chi connectivity index (χ4n) is 0.680. The average Bonchev–Trinajstić information content (AvgIpc) is 2.20. The highest BCUT2D eigenvalue weighted by Gasteiger charge is 2.01. The van der Waals surface area contributed by atoms with Gasteiger partial charge < -0.3 is 15.6 Å². The number of aromatic nitrogens is 2. The highest BCUT2D eigenvalue weighted by atomic mass is 16.1. The third-order valence-corrected chi connectivity index (χ3v) is 1.16. The molecule has 0 saturated heterocycles. The van der Waals surface area contributed by atoms with Gasteiger partial charge in [0.25, 0.3) is 0 Å². The molecule has 0 aliphatic carbocycles. The van der Waals surface area contributed by atoms with Crippen LogP contribution in [-0.2, 0) is 11.8 Å². The predicted octanol–water partition coefficient (Wildman–Crippen LogP) is -0.429. The first-order valence-corrected chi connectivity index (χ1v) is 2.72. The maximum Gasteiger partial charge on any atom is 0.212 e. The van der Waals surface area contributed by atoms with Gasteiger partial charge in [-0.2, -0.15) is 0 Å². The van der Waals surface area contributed by atoms with E-state index in [9.17, 15) is 4.79 Å². The molecule has 10 heavy (non-hydrogen) atoms. The summed E-state index contributed by atoms with van der Waals surface area (Å²) in [5.41, 5.74) is 5.37. The highest BCUT2D eigenvalue weighted by Crippen LogP contribution is 2.12. The molecule has 5 nitrogen and oxygen atoms in total. The van der Waals surface area contributed by atoms with E-state index in [-0.39, 0.29) is 0 Å². The van der Waals surface area contributed by atoms with E-state index >= 15 is 0 Å². The minimum Gasteiger partial charge on any atom is -0.381 e. The molecule has 0 aliphatic heterocycles. The van der Waals surface area contributed by atoms with E-state index in [1.54, 1.807) is 11.6 Å². The van der Waals surface area contributed by atoms with Gasteiger partial charge in [0, 0.05) is 7.05 Å². The second kappa shape index (κ2) is 2.38. The second-order valence-corrected chi connectivity index (χ2v) is 1.85. The standard InChI is InChI=1S/C5H8N4O/c1-9-2-7-4(6)5(9)8-3-10/h2-3H,6H2,1H3,(H,8,10). The number of imidazole rings is 1. The van der Waals surface area contributed by atoms with Crippen molar-refractivity contribution < 1.29 is 4.79 Å². The zero-order valence-electron chi connectivity index (χ0n) is 5.53. The molecule has 0 bridgehead atoms. The van der Waals surface area contributed by atoms with Gasteiger partial charge in [-0.3, -0.25) is 4.79 Å². The first-order chi connectivity index (χ1) is 4.75. The van der Waals surface area contributed by atoms with Crippen LogP contribution >= 0.6 is 0 Å². The van der Waals surface area contributed by atoms with Gasteiger partial charge in [-0.05, 0) is 0 Å². The van der Waals surface area contributed by atoms with Crippen molar-refractivity contribution in [3.63, 3.8) is 0 Å². The van der Waals surface area contributed by atoms with Crippen molar-refractivity contribution in [2.24, 2.45) is 7.05 Å². The van der Waals surface area contributed by atoms with Crippen LogP contribution < -0.4 is 11.1 Å². The van der Waals surface area contributed by atoms with Crippen molar-refractivity contribution in [2.75, 3.05) is 11.1 Å². The Morgan fingerprint density at radius 2 is 2.60 bits per heavy atom. The van der Waals surface area contributed by atoms with Crippen LogP contribution in [0.15, 0.2) is 6.33 Å². The first kappa shape index (κ1) is 6.60. The van der Waals surface area contributed by atoms with Gasteiger partial charge in [-0.1, -0.05) is 0 Å². The number of rotatable bonds is 2.